The Balaban J connectivity index is 0.00000468. The molecule has 0 unspecified atom stereocenters. The fraction of sp³-hybridized carbons (Fsp3) is 0.188. The Hall–Kier alpha value is -4.34. The third-order valence-corrected chi connectivity index (χ3v) is 9.32. The van der Waals surface area contributed by atoms with Crippen molar-refractivity contribution in [3.05, 3.63) is 116 Å². The second-order valence-corrected chi connectivity index (χ2v) is 13.8. The molecule has 17 heteroatoms. The molecule has 0 fully saturated rings. The molecule has 0 aliphatic carbocycles. The van der Waals surface area contributed by atoms with Crippen molar-refractivity contribution in [2.24, 2.45) is 12.8 Å². The number of halogens is 5. The van der Waals surface area contributed by atoms with E-state index in [2.05, 4.69) is 15.1 Å². The summed E-state index contributed by atoms with van der Waals surface area (Å²) in [6, 6.07) is 14.8. The number of benzene rings is 3. The zero-order valence-corrected chi connectivity index (χ0v) is 29.2. The number of anilines is 1. The monoisotopic (exact) mass is 749 g/mol. The van der Waals surface area contributed by atoms with Crippen LogP contribution in [-0.2, 0) is 30.0 Å². The van der Waals surface area contributed by atoms with Gasteiger partial charge in [-0.3, -0.25) is 14.0 Å². The number of methoxy groups -OCH3 is 1. The maximum absolute atomic E-state index is 14.2. The Bertz CT molecular complexity index is 2370. The highest BCUT2D eigenvalue weighted by Gasteiger charge is 2.29. The average molecular weight is 751 g/mol. The number of hydrogen-bond acceptors (Lipinski definition) is 8. The van der Waals surface area contributed by atoms with Crippen molar-refractivity contribution in [2.45, 2.75) is 19.0 Å². The highest BCUT2D eigenvalue weighted by molar-refractivity contribution is 7.92. The molecule has 0 bridgehead atoms. The van der Waals surface area contributed by atoms with Crippen LogP contribution in [0.15, 0.2) is 71.5 Å². The Morgan fingerprint density at radius 2 is 1.65 bits per heavy atom. The maximum Gasteiger partial charge on any atom is 0.267 e. The number of nitrogens with two attached hydrogens (primary N) is 1. The van der Waals surface area contributed by atoms with Gasteiger partial charge in [0.25, 0.3) is 5.56 Å². The minimum absolute atomic E-state index is 0. The summed E-state index contributed by atoms with van der Waals surface area (Å²) in [5.74, 6) is -0.961. The summed E-state index contributed by atoms with van der Waals surface area (Å²) in [6.45, 7) is -0.0836. The highest BCUT2D eigenvalue weighted by Crippen LogP contribution is 2.38. The summed E-state index contributed by atoms with van der Waals surface area (Å²) in [7, 11) is -0.818. The normalized spacial score (nSPS) is 12.2. The zero-order valence-electron chi connectivity index (χ0n) is 26.1. The van der Waals surface area contributed by atoms with Crippen LogP contribution >= 0.6 is 35.6 Å². The summed E-state index contributed by atoms with van der Waals surface area (Å²) in [5, 5.41) is 5.17. The van der Waals surface area contributed by atoms with Gasteiger partial charge in [-0.15, -0.1) is 12.4 Å². The summed E-state index contributed by atoms with van der Waals surface area (Å²) in [6.07, 6.45) is 0.946. The number of aryl methyl sites for hydroxylation is 1. The Morgan fingerprint density at radius 1 is 0.980 bits per heavy atom. The lowest BCUT2D eigenvalue weighted by Crippen LogP contribution is -2.30. The quantitative estimate of drug-likeness (QED) is 0.181. The van der Waals surface area contributed by atoms with E-state index in [9.17, 15) is 22.0 Å². The van der Waals surface area contributed by atoms with Crippen LogP contribution in [0.25, 0.3) is 27.6 Å². The van der Waals surface area contributed by atoms with Gasteiger partial charge in [0.05, 0.1) is 53.0 Å². The molecular formula is C32H28Cl3F2N7O4S. The van der Waals surface area contributed by atoms with E-state index < -0.39 is 33.3 Å². The highest BCUT2D eigenvalue weighted by atomic mass is 35.5. The van der Waals surface area contributed by atoms with Gasteiger partial charge in [0.1, 0.15) is 28.4 Å². The first-order valence-corrected chi connectivity index (χ1v) is 16.9. The van der Waals surface area contributed by atoms with Crippen molar-refractivity contribution in [1.29, 1.82) is 0 Å². The number of nitrogens with zero attached hydrogens (tertiary/aromatic N) is 6. The van der Waals surface area contributed by atoms with Crippen LogP contribution in [0.3, 0.4) is 0 Å². The van der Waals surface area contributed by atoms with Gasteiger partial charge < -0.3 is 10.5 Å². The largest absolute Gasteiger partial charge is 0.497 e. The molecule has 0 saturated heterocycles. The van der Waals surface area contributed by atoms with E-state index in [1.165, 1.54) is 34.6 Å². The van der Waals surface area contributed by atoms with Crippen LogP contribution < -0.4 is 20.3 Å². The van der Waals surface area contributed by atoms with Crippen molar-refractivity contribution in [3.63, 3.8) is 0 Å². The van der Waals surface area contributed by atoms with Crippen LogP contribution in [0.2, 0.25) is 10.2 Å². The van der Waals surface area contributed by atoms with Gasteiger partial charge >= 0.3 is 0 Å². The van der Waals surface area contributed by atoms with Gasteiger partial charge in [-0.25, -0.2) is 31.5 Å². The van der Waals surface area contributed by atoms with Crippen LogP contribution in [0, 0.1) is 11.6 Å². The number of aromatic nitrogens is 5. The van der Waals surface area contributed by atoms with E-state index in [1.807, 2.05) is 0 Å². The fourth-order valence-corrected chi connectivity index (χ4v) is 6.76. The number of pyridine rings is 1. The Morgan fingerprint density at radius 3 is 2.29 bits per heavy atom. The maximum atomic E-state index is 14.2. The second kappa shape index (κ2) is 13.9. The van der Waals surface area contributed by atoms with Crippen LogP contribution in [0.1, 0.15) is 23.0 Å². The molecule has 11 nitrogen and oxygen atoms in total. The molecule has 1 atom stereocenters. The van der Waals surface area contributed by atoms with Gasteiger partial charge in [0.2, 0.25) is 10.0 Å². The van der Waals surface area contributed by atoms with E-state index in [0.29, 0.717) is 11.3 Å². The number of ether oxygens (including phenoxy) is 1. The first-order valence-electron chi connectivity index (χ1n) is 14.3. The van der Waals surface area contributed by atoms with Gasteiger partial charge in [0.15, 0.2) is 11.5 Å². The van der Waals surface area contributed by atoms with Crippen molar-refractivity contribution in [1.82, 2.24) is 24.3 Å². The number of fused-ring (bicyclic) bond motifs is 2. The third-order valence-electron chi connectivity index (χ3n) is 7.69. The van der Waals surface area contributed by atoms with E-state index in [0.717, 1.165) is 28.8 Å². The van der Waals surface area contributed by atoms with E-state index >= 15 is 0 Å². The number of sulfonamides is 1. The lowest BCUT2D eigenvalue weighted by molar-refractivity contribution is 0.414. The predicted molar refractivity (Wildman–Crippen MR) is 188 cm³/mol. The van der Waals surface area contributed by atoms with Crippen LogP contribution in [0.5, 0.6) is 5.75 Å². The lowest BCUT2D eigenvalue weighted by Gasteiger charge is -2.21. The first kappa shape index (κ1) is 36.0. The summed E-state index contributed by atoms with van der Waals surface area (Å²) in [4.78, 5) is 23.0. The number of hydrogen-bond donors (Lipinski definition) is 1. The minimum atomic E-state index is -3.92. The lowest BCUT2D eigenvalue weighted by atomic mass is 10.0. The molecule has 0 spiro atoms. The Labute approximate surface area is 295 Å². The second-order valence-electron chi connectivity index (χ2n) is 11.1. The molecule has 6 aromatic rings. The molecule has 0 aliphatic heterocycles. The first-order chi connectivity index (χ1) is 22.7. The molecule has 0 radical (unpaired) electrons. The van der Waals surface area contributed by atoms with Crippen LogP contribution in [0.4, 0.5) is 14.6 Å². The van der Waals surface area contributed by atoms with E-state index in [-0.39, 0.29) is 80.4 Å². The standard InChI is InChI=1S/C32H27Cl2F2N7O4S.ClH/c1-41-28-25(10-9-23(33)27(28)31(40-41)42(48(3,45)46)16-17-4-6-21(47-2)7-5-17)43-30(24(37)14-18-12-19(35)15-20(36)13-18)39-29-22(32(43)44)8-11-26(34)38-29;/h4-13,15,24H,14,16,37H2,1-3H3;1H/t24-;/m0./s1. The molecule has 0 aliphatic rings. The molecule has 49 heavy (non-hydrogen) atoms. The molecule has 3 heterocycles. The van der Waals surface area contributed by atoms with Crippen LogP contribution in [-0.4, -0.2) is 46.1 Å². The predicted octanol–water partition coefficient (Wildman–Crippen LogP) is 5.89. The van der Waals surface area contributed by atoms with Gasteiger partial charge in [-0.1, -0.05) is 35.3 Å². The molecular weight excluding hydrogens is 723 g/mol. The van der Waals surface area contributed by atoms with Crippen molar-refractivity contribution in [3.8, 4) is 11.4 Å². The van der Waals surface area contributed by atoms with Crippen molar-refractivity contribution >= 4 is 73.4 Å². The molecule has 3 aromatic heterocycles. The molecule has 256 valence electrons. The van der Waals surface area contributed by atoms with E-state index in [4.69, 9.17) is 33.7 Å². The molecule has 0 saturated carbocycles. The summed E-state index contributed by atoms with van der Waals surface area (Å²) < 4.78 is 63.6. The third kappa shape index (κ3) is 7.05. The molecule has 6 rings (SSSR count). The summed E-state index contributed by atoms with van der Waals surface area (Å²) in [5.41, 5.74) is 7.44. The van der Waals surface area contributed by atoms with Crippen molar-refractivity contribution < 1.29 is 21.9 Å². The van der Waals surface area contributed by atoms with Gasteiger partial charge in [-0.2, -0.15) is 5.10 Å². The average Bonchev–Trinajstić information content (AvgIpc) is 3.36. The van der Waals surface area contributed by atoms with E-state index in [1.54, 1.807) is 37.4 Å². The topological polar surface area (TPSA) is 138 Å². The number of rotatable bonds is 9. The zero-order chi connectivity index (χ0) is 34.5. The fourth-order valence-electron chi connectivity index (χ4n) is 5.55. The Kier molecular flexibility index (Phi) is 10.2. The molecule has 0 amide bonds. The minimum Gasteiger partial charge on any atom is -0.497 e. The molecule has 3 aromatic carbocycles. The SMILES string of the molecule is COc1ccc(CN(c2nn(C)c3c(-n4c([C@@H](N)Cc5cc(F)cc(F)c5)nc5nc(Cl)ccc5c4=O)ccc(Cl)c23)S(C)(=O)=O)cc1.Cl. The van der Waals surface area contributed by atoms with Crippen molar-refractivity contribution in [2.75, 3.05) is 17.7 Å². The van der Waals surface area contributed by atoms with Gasteiger partial charge in [-0.05, 0) is 66.1 Å². The summed E-state index contributed by atoms with van der Waals surface area (Å²) >= 11 is 12.9. The molecule has 2 N–H and O–H groups in total. The van der Waals surface area contributed by atoms with Gasteiger partial charge in [0, 0.05) is 13.1 Å². The smallest absolute Gasteiger partial charge is 0.267 e.